The molecule has 1 aliphatic carbocycles. The van der Waals surface area contributed by atoms with Crippen LogP contribution in [0, 0.1) is 0 Å². The summed E-state index contributed by atoms with van der Waals surface area (Å²) in [5.41, 5.74) is 1.12. The van der Waals surface area contributed by atoms with Crippen LogP contribution >= 0.6 is 0 Å². The largest absolute Gasteiger partial charge is 0.389 e. The number of nitrogens with one attached hydrogen (secondary N) is 1. The zero-order valence-corrected chi connectivity index (χ0v) is 14.5. The van der Waals surface area contributed by atoms with Crippen molar-refractivity contribution in [3.8, 4) is 0 Å². The smallest absolute Gasteiger partial charge is 0.227 e. The summed E-state index contributed by atoms with van der Waals surface area (Å²) >= 11 is 0. The molecule has 1 saturated carbocycles. The van der Waals surface area contributed by atoms with Crippen LogP contribution in [0.4, 0.5) is 11.4 Å². The van der Waals surface area contributed by atoms with Crippen LogP contribution in [0.1, 0.15) is 45.4 Å². The maximum absolute atomic E-state index is 12.2. The van der Waals surface area contributed by atoms with Crippen molar-refractivity contribution < 1.29 is 14.6 Å². The summed E-state index contributed by atoms with van der Waals surface area (Å²) in [7, 11) is 0. The van der Waals surface area contributed by atoms with Crippen LogP contribution in [0.3, 0.4) is 0 Å². The predicted octanol–water partition coefficient (Wildman–Crippen LogP) is 2.94. The van der Waals surface area contributed by atoms with Crippen molar-refractivity contribution in [1.82, 2.24) is 0 Å². The summed E-state index contributed by atoms with van der Waals surface area (Å²) < 4.78 is 5.47. The van der Waals surface area contributed by atoms with Crippen LogP contribution in [0.5, 0.6) is 0 Å². The Morgan fingerprint density at radius 1 is 1.29 bits per heavy atom. The van der Waals surface area contributed by atoms with Gasteiger partial charge in [0.25, 0.3) is 0 Å². The maximum Gasteiger partial charge on any atom is 0.227 e. The Labute approximate surface area is 144 Å². The molecule has 2 fully saturated rings. The van der Waals surface area contributed by atoms with E-state index in [2.05, 4.69) is 17.1 Å². The normalized spacial score (nSPS) is 23.8. The zero-order valence-electron chi connectivity index (χ0n) is 14.5. The van der Waals surface area contributed by atoms with Crippen molar-refractivity contribution in [3.63, 3.8) is 0 Å². The Hall–Kier alpha value is -1.59. The van der Waals surface area contributed by atoms with E-state index in [-0.39, 0.29) is 12.3 Å². The second kappa shape index (κ2) is 7.53. The highest BCUT2D eigenvalue weighted by atomic mass is 16.5. The number of carbonyl (C=O) groups is 1. The Morgan fingerprint density at radius 3 is 2.67 bits per heavy atom. The number of rotatable bonds is 4. The van der Waals surface area contributed by atoms with E-state index in [1.165, 1.54) is 0 Å². The molecule has 0 spiro atoms. The molecule has 2 N–H and O–H groups in total. The van der Waals surface area contributed by atoms with Crippen LogP contribution in [-0.4, -0.2) is 42.4 Å². The second-order valence-corrected chi connectivity index (χ2v) is 7.17. The Balaban J connectivity index is 1.56. The number of aliphatic hydroxyl groups is 1. The van der Waals surface area contributed by atoms with Crippen LogP contribution in [-0.2, 0) is 9.53 Å². The van der Waals surface area contributed by atoms with E-state index < -0.39 is 5.60 Å². The van der Waals surface area contributed by atoms with Crippen LogP contribution < -0.4 is 10.2 Å². The van der Waals surface area contributed by atoms with Gasteiger partial charge in [0.2, 0.25) is 5.91 Å². The molecule has 132 valence electrons. The number of hydrogen-bond donors (Lipinski definition) is 2. The van der Waals surface area contributed by atoms with Gasteiger partial charge in [-0.25, -0.2) is 0 Å². The highest BCUT2D eigenvalue weighted by Crippen LogP contribution is 2.31. The summed E-state index contributed by atoms with van der Waals surface area (Å²) in [4.78, 5) is 14.5. The molecule has 1 saturated heterocycles. The lowest BCUT2D eigenvalue weighted by atomic mass is 9.82. The van der Waals surface area contributed by atoms with Gasteiger partial charge >= 0.3 is 0 Å². The Bertz CT molecular complexity index is 552. The van der Waals surface area contributed by atoms with E-state index in [1.807, 2.05) is 24.3 Å². The fraction of sp³-hybridized carbons (Fsp3) is 0.632. The molecule has 1 atom stereocenters. The van der Waals surface area contributed by atoms with Gasteiger partial charge in [-0.05, 0) is 44.0 Å². The van der Waals surface area contributed by atoms with Crippen molar-refractivity contribution in [2.24, 2.45) is 0 Å². The van der Waals surface area contributed by atoms with E-state index in [0.29, 0.717) is 6.04 Å². The molecule has 1 aromatic rings. The first kappa shape index (κ1) is 17.2. The quantitative estimate of drug-likeness (QED) is 0.890. The first-order valence-corrected chi connectivity index (χ1v) is 9.02. The van der Waals surface area contributed by atoms with Gasteiger partial charge in [-0.3, -0.25) is 4.79 Å². The third-order valence-corrected chi connectivity index (χ3v) is 5.12. The lowest BCUT2D eigenvalue weighted by molar-refractivity contribution is -0.122. The first-order chi connectivity index (χ1) is 11.6. The van der Waals surface area contributed by atoms with Gasteiger partial charge in [0.1, 0.15) is 0 Å². The number of carbonyl (C=O) groups excluding carboxylic acids is 1. The summed E-state index contributed by atoms with van der Waals surface area (Å²) in [5.74, 6) is -0.105. The molecular formula is C19H28N2O3. The molecule has 5 heteroatoms. The number of amides is 1. The highest BCUT2D eigenvalue weighted by molar-refractivity contribution is 5.91. The van der Waals surface area contributed by atoms with Crippen LogP contribution in [0.2, 0.25) is 0 Å². The molecule has 0 bridgehead atoms. The Kier molecular flexibility index (Phi) is 5.41. The maximum atomic E-state index is 12.2. The average Bonchev–Trinajstić information content (AvgIpc) is 2.56. The molecule has 1 aromatic carbocycles. The Morgan fingerprint density at radius 2 is 2.00 bits per heavy atom. The average molecular weight is 332 g/mol. The first-order valence-electron chi connectivity index (χ1n) is 9.02. The fourth-order valence-electron chi connectivity index (χ4n) is 3.74. The number of ether oxygens (including phenoxy) is 1. The molecule has 24 heavy (non-hydrogen) atoms. The lowest BCUT2D eigenvalue weighted by Crippen LogP contribution is -2.43. The van der Waals surface area contributed by atoms with Gasteiger partial charge in [-0.15, -0.1) is 0 Å². The lowest BCUT2D eigenvalue weighted by Gasteiger charge is -2.35. The SMILES string of the molecule is CC1COCCN1c1ccc(NC(=O)CC2(O)CCCCC2)cc1. The standard InChI is InChI=1S/C19H28N2O3/c1-15-14-24-12-11-21(15)17-7-5-16(6-8-17)20-18(22)13-19(23)9-3-2-4-10-19/h5-8,15,23H,2-4,9-14H2,1H3,(H,20,22). The molecule has 0 radical (unpaired) electrons. The van der Waals surface area contributed by atoms with Crippen molar-refractivity contribution in [3.05, 3.63) is 24.3 Å². The van der Waals surface area contributed by atoms with Crippen molar-refractivity contribution >= 4 is 17.3 Å². The molecule has 3 rings (SSSR count). The minimum absolute atomic E-state index is 0.105. The minimum atomic E-state index is -0.814. The summed E-state index contributed by atoms with van der Waals surface area (Å²) in [6, 6.07) is 8.29. The molecule has 1 amide bonds. The predicted molar refractivity (Wildman–Crippen MR) is 95.4 cm³/mol. The fourth-order valence-corrected chi connectivity index (χ4v) is 3.74. The number of nitrogens with zero attached hydrogens (tertiary/aromatic N) is 1. The van der Waals surface area contributed by atoms with Crippen molar-refractivity contribution in [1.29, 1.82) is 0 Å². The van der Waals surface area contributed by atoms with E-state index in [1.54, 1.807) is 0 Å². The summed E-state index contributed by atoms with van der Waals surface area (Å²) in [6.45, 7) is 4.54. The van der Waals surface area contributed by atoms with E-state index in [0.717, 1.165) is 63.2 Å². The second-order valence-electron chi connectivity index (χ2n) is 7.17. The highest BCUT2D eigenvalue weighted by Gasteiger charge is 2.31. The summed E-state index contributed by atoms with van der Waals surface area (Å²) in [6.07, 6.45) is 4.83. The van der Waals surface area contributed by atoms with Crippen molar-refractivity contribution in [2.45, 2.75) is 57.1 Å². The molecule has 1 aliphatic heterocycles. The minimum Gasteiger partial charge on any atom is -0.389 e. The zero-order chi connectivity index (χ0) is 17.0. The van der Waals surface area contributed by atoms with Crippen LogP contribution in [0.15, 0.2) is 24.3 Å². The molecule has 2 aliphatic rings. The van der Waals surface area contributed by atoms with E-state index in [9.17, 15) is 9.90 Å². The van der Waals surface area contributed by atoms with Gasteiger partial charge in [-0.2, -0.15) is 0 Å². The van der Waals surface area contributed by atoms with Crippen molar-refractivity contribution in [2.75, 3.05) is 30.0 Å². The molecular weight excluding hydrogens is 304 g/mol. The molecule has 5 nitrogen and oxygen atoms in total. The topological polar surface area (TPSA) is 61.8 Å². The molecule has 0 aromatic heterocycles. The summed E-state index contributed by atoms with van der Waals surface area (Å²) in [5, 5.41) is 13.4. The van der Waals surface area contributed by atoms with Gasteiger partial charge in [0.15, 0.2) is 0 Å². The molecule has 1 unspecified atom stereocenters. The van der Waals surface area contributed by atoms with Crippen LogP contribution in [0.25, 0.3) is 0 Å². The van der Waals surface area contributed by atoms with Gasteiger partial charge in [0, 0.05) is 24.0 Å². The van der Waals surface area contributed by atoms with E-state index in [4.69, 9.17) is 4.74 Å². The third-order valence-electron chi connectivity index (χ3n) is 5.12. The van der Waals surface area contributed by atoms with Gasteiger partial charge in [-0.1, -0.05) is 19.3 Å². The molecule has 1 heterocycles. The van der Waals surface area contributed by atoms with Gasteiger partial charge < -0.3 is 20.1 Å². The number of benzene rings is 1. The van der Waals surface area contributed by atoms with Gasteiger partial charge in [0.05, 0.1) is 25.2 Å². The number of morpholine rings is 1. The monoisotopic (exact) mass is 332 g/mol. The van der Waals surface area contributed by atoms with E-state index >= 15 is 0 Å². The number of anilines is 2. The third kappa shape index (κ3) is 4.28. The number of hydrogen-bond acceptors (Lipinski definition) is 4.